The highest BCUT2D eigenvalue weighted by atomic mass is 16.4. The van der Waals surface area contributed by atoms with Crippen molar-refractivity contribution < 1.29 is 14.7 Å². The molecule has 3 heteroatoms. The molecule has 1 fully saturated rings. The molecule has 0 heterocycles. The number of carbonyl (C=O) groups is 2. The predicted molar refractivity (Wildman–Crippen MR) is 70.9 cm³/mol. The zero-order chi connectivity index (χ0) is 13.5. The topological polar surface area (TPSA) is 54.4 Å². The van der Waals surface area contributed by atoms with Crippen LogP contribution < -0.4 is 0 Å². The quantitative estimate of drug-likeness (QED) is 0.788. The summed E-state index contributed by atoms with van der Waals surface area (Å²) < 4.78 is 0. The van der Waals surface area contributed by atoms with E-state index in [0.29, 0.717) is 12.8 Å². The molecular formula is C16H18O3. The maximum Gasteiger partial charge on any atom is 0.314 e. The summed E-state index contributed by atoms with van der Waals surface area (Å²) in [6, 6.07) is 8.41. The lowest BCUT2D eigenvalue weighted by molar-refractivity contribution is -0.149. The molecule has 0 radical (unpaired) electrons. The molecule has 0 amide bonds. The molecule has 3 nitrogen and oxygen atoms in total. The van der Waals surface area contributed by atoms with Gasteiger partial charge in [0, 0.05) is 6.42 Å². The zero-order valence-corrected chi connectivity index (χ0v) is 10.9. The summed E-state index contributed by atoms with van der Waals surface area (Å²) in [5.74, 6) is -1.78. The largest absolute Gasteiger partial charge is 0.481 e. The Kier molecular flexibility index (Phi) is 2.92. The third-order valence-electron chi connectivity index (χ3n) is 4.81. The van der Waals surface area contributed by atoms with Gasteiger partial charge in [0.2, 0.25) is 0 Å². The number of benzene rings is 1. The predicted octanol–water partition coefficient (Wildman–Crippen LogP) is 2.62. The second-order valence-corrected chi connectivity index (χ2v) is 6.02. The van der Waals surface area contributed by atoms with Gasteiger partial charge in [-0.1, -0.05) is 24.3 Å². The van der Waals surface area contributed by atoms with Gasteiger partial charge >= 0.3 is 5.97 Å². The van der Waals surface area contributed by atoms with E-state index in [2.05, 4.69) is 18.2 Å². The van der Waals surface area contributed by atoms with Crippen molar-refractivity contribution >= 4 is 11.8 Å². The molecule has 1 unspecified atom stereocenters. The minimum atomic E-state index is -0.948. The molecule has 19 heavy (non-hydrogen) atoms. The van der Waals surface area contributed by atoms with Gasteiger partial charge in [0.1, 0.15) is 11.7 Å². The number of hydrogen-bond acceptors (Lipinski definition) is 2. The van der Waals surface area contributed by atoms with Crippen LogP contribution in [0.3, 0.4) is 0 Å². The van der Waals surface area contributed by atoms with Crippen LogP contribution >= 0.6 is 0 Å². The molecule has 100 valence electrons. The monoisotopic (exact) mass is 258 g/mol. The maximum atomic E-state index is 12.0. The van der Waals surface area contributed by atoms with Gasteiger partial charge in [0.05, 0.1) is 0 Å². The van der Waals surface area contributed by atoms with Gasteiger partial charge in [-0.05, 0) is 48.6 Å². The molecule has 2 aliphatic rings. The number of aryl methyl sites for hydroxylation is 1. The Morgan fingerprint density at radius 2 is 1.89 bits per heavy atom. The summed E-state index contributed by atoms with van der Waals surface area (Å²) in [7, 11) is 0. The third-order valence-corrected chi connectivity index (χ3v) is 4.81. The Labute approximate surface area is 112 Å². The molecule has 2 aliphatic carbocycles. The molecule has 1 saturated carbocycles. The molecule has 1 spiro atoms. The van der Waals surface area contributed by atoms with Crippen LogP contribution in [0.2, 0.25) is 0 Å². The summed E-state index contributed by atoms with van der Waals surface area (Å²) in [6.07, 6.45) is 4.78. The van der Waals surface area contributed by atoms with E-state index in [1.165, 1.54) is 11.1 Å². The first-order valence-electron chi connectivity index (χ1n) is 6.92. The van der Waals surface area contributed by atoms with E-state index in [1.54, 1.807) is 0 Å². The van der Waals surface area contributed by atoms with Crippen LogP contribution in [0, 0.1) is 11.3 Å². The lowest BCUT2D eigenvalue weighted by Gasteiger charge is -2.42. The van der Waals surface area contributed by atoms with Crippen molar-refractivity contribution in [2.75, 3.05) is 0 Å². The van der Waals surface area contributed by atoms with Gasteiger partial charge < -0.3 is 5.11 Å². The van der Waals surface area contributed by atoms with Gasteiger partial charge in [-0.25, -0.2) is 0 Å². The highest BCUT2D eigenvalue weighted by Crippen LogP contribution is 2.46. The number of carboxylic acids is 1. The average Bonchev–Trinajstić information content (AvgIpc) is 2.38. The van der Waals surface area contributed by atoms with Crippen molar-refractivity contribution in [1.29, 1.82) is 0 Å². The van der Waals surface area contributed by atoms with E-state index >= 15 is 0 Å². The second kappa shape index (κ2) is 4.48. The Morgan fingerprint density at radius 1 is 1.16 bits per heavy atom. The molecule has 3 rings (SSSR count). The van der Waals surface area contributed by atoms with Crippen molar-refractivity contribution in [3.05, 3.63) is 35.4 Å². The zero-order valence-electron chi connectivity index (χ0n) is 10.9. The van der Waals surface area contributed by atoms with Crippen LogP contribution in [0.15, 0.2) is 24.3 Å². The maximum absolute atomic E-state index is 12.0. The van der Waals surface area contributed by atoms with Crippen LogP contribution in [-0.2, 0) is 22.4 Å². The Hall–Kier alpha value is -1.64. The highest BCUT2D eigenvalue weighted by molar-refractivity contribution is 5.99. The Morgan fingerprint density at radius 3 is 2.58 bits per heavy atom. The molecule has 0 aliphatic heterocycles. The number of carbonyl (C=O) groups excluding carboxylic acids is 1. The number of Topliss-reactive ketones (excluding diaryl/α,β-unsaturated/α-hetero) is 1. The first kappa shape index (κ1) is 12.4. The fourth-order valence-electron chi connectivity index (χ4n) is 3.68. The van der Waals surface area contributed by atoms with Gasteiger partial charge in [-0.2, -0.15) is 0 Å². The molecule has 1 aromatic carbocycles. The first-order valence-corrected chi connectivity index (χ1v) is 6.92. The number of hydrogen-bond donors (Lipinski definition) is 1. The van der Waals surface area contributed by atoms with E-state index in [1.807, 2.05) is 6.07 Å². The number of rotatable bonds is 1. The molecule has 0 aromatic heterocycles. The van der Waals surface area contributed by atoms with E-state index in [0.717, 1.165) is 25.7 Å². The van der Waals surface area contributed by atoms with Crippen LogP contribution in [0.25, 0.3) is 0 Å². The smallest absolute Gasteiger partial charge is 0.314 e. The number of carboxylic acid groups (broad SMARTS) is 1. The first-order chi connectivity index (χ1) is 9.10. The Balaban J connectivity index is 1.81. The molecule has 2 atom stereocenters. The standard InChI is InChI=1S/C16H18O3/c17-14-10-16(8-6-13(14)15(18)19)7-5-11-3-1-2-4-12(11)9-16/h1-4,13H,5-10H2,(H,18,19)/t13?,16-/m0/s1. The summed E-state index contributed by atoms with van der Waals surface area (Å²) in [5.41, 5.74) is 2.76. The van der Waals surface area contributed by atoms with Crippen molar-refractivity contribution in [3.63, 3.8) is 0 Å². The SMILES string of the molecule is O=C(O)C1CC[C@]2(CCc3ccccc3C2)CC1=O. The molecule has 1 aromatic rings. The van der Waals surface area contributed by atoms with Crippen LogP contribution in [0.5, 0.6) is 0 Å². The number of aliphatic carboxylic acids is 1. The number of ketones is 1. The van der Waals surface area contributed by atoms with Crippen LogP contribution in [0.4, 0.5) is 0 Å². The van der Waals surface area contributed by atoms with Gasteiger partial charge in [0.15, 0.2) is 0 Å². The van der Waals surface area contributed by atoms with E-state index < -0.39 is 11.9 Å². The third kappa shape index (κ3) is 2.18. The van der Waals surface area contributed by atoms with Crippen molar-refractivity contribution in [1.82, 2.24) is 0 Å². The fourth-order valence-corrected chi connectivity index (χ4v) is 3.68. The van der Waals surface area contributed by atoms with Crippen LogP contribution in [0.1, 0.15) is 36.8 Å². The van der Waals surface area contributed by atoms with Crippen molar-refractivity contribution in [2.45, 2.75) is 38.5 Å². The normalized spacial score (nSPS) is 30.1. The molecule has 0 bridgehead atoms. The van der Waals surface area contributed by atoms with E-state index in [4.69, 9.17) is 5.11 Å². The van der Waals surface area contributed by atoms with E-state index in [-0.39, 0.29) is 11.2 Å². The highest BCUT2D eigenvalue weighted by Gasteiger charge is 2.43. The lowest BCUT2D eigenvalue weighted by atomic mass is 9.61. The lowest BCUT2D eigenvalue weighted by Crippen LogP contribution is -2.40. The van der Waals surface area contributed by atoms with Gasteiger partial charge in [0.25, 0.3) is 0 Å². The Bertz CT molecular complexity index is 535. The molecule has 0 saturated heterocycles. The van der Waals surface area contributed by atoms with Crippen LogP contribution in [-0.4, -0.2) is 16.9 Å². The second-order valence-electron chi connectivity index (χ2n) is 6.02. The number of fused-ring (bicyclic) bond motifs is 1. The van der Waals surface area contributed by atoms with Gasteiger partial charge in [-0.3, -0.25) is 9.59 Å². The summed E-state index contributed by atoms with van der Waals surface area (Å²) in [6.45, 7) is 0. The molecule has 1 N–H and O–H groups in total. The van der Waals surface area contributed by atoms with Gasteiger partial charge in [-0.15, -0.1) is 0 Å². The minimum absolute atomic E-state index is 0.0252. The summed E-state index contributed by atoms with van der Waals surface area (Å²) in [5, 5.41) is 9.03. The van der Waals surface area contributed by atoms with Crippen molar-refractivity contribution in [3.8, 4) is 0 Å². The summed E-state index contributed by atoms with van der Waals surface area (Å²) >= 11 is 0. The van der Waals surface area contributed by atoms with E-state index in [9.17, 15) is 9.59 Å². The fraction of sp³-hybridized carbons (Fsp3) is 0.500. The molecular weight excluding hydrogens is 240 g/mol. The average molecular weight is 258 g/mol. The summed E-state index contributed by atoms with van der Waals surface area (Å²) in [4.78, 5) is 23.1. The minimum Gasteiger partial charge on any atom is -0.481 e. The van der Waals surface area contributed by atoms with Crippen molar-refractivity contribution in [2.24, 2.45) is 11.3 Å².